The number of pyridine rings is 1. The lowest BCUT2D eigenvalue weighted by Gasteiger charge is -2.32. The molecule has 1 fully saturated rings. The summed E-state index contributed by atoms with van der Waals surface area (Å²) in [4.78, 5) is 31.1. The minimum atomic E-state index is -0.510. The number of piperidine rings is 1. The molecule has 31 heavy (non-hydrogen) atoms. The molecule has 3 N–H and O–H groups in total. The predicted molar refractivity (Wildman–Crippen MR) is 114 cm³/mol. The summed E-state index contributed by atoms with van der Waals surface area (Å²) < 4.78 is 5.58. The number of amides is 2. The summed E-state index contributed by atoms with van der Waals surface area (Å²) in [5.74, 6) is 0.348. The summed E-state index contributed by atoms with van der Waals surface area (Å²) in [6.45, 7) is 1.87. The molecule has 2 amide bonds. The lowest BCUT2D eigenvalue weighted by atomic mass is 9.92. The maximum Gasteiger partial charge on any atom is 0.255 e. The Bertz CT molecular complexity index is 1160. The van der Waals surface area contributed by atoms with Gasteiger partial charge in [-0.2, -0.15) is 5.10 Å². The smallest absolute Gasteiger partial charge is 0.255 e. The third-order valence-corrected chi connectivity index (χ3v) is 6.06. The van der Waals surface area contributed by atoms with Crippen LogP contribution in [-0.4, -0.2) is 51.6 Å². The number of primary amides is 1. The Labute approximate surface area is 179 Å². The molecule has 2 aliphatic heterocycles. The van der Waals surface area contributed by atoms with Gasteiger partial charge in [0.25, 0.3) is 11.8 Å². The standard InChI is InChI=1S/C23H23N5O3/c24-22(29)19-12-26-27-21(19)16-2-1-6-28(13-16)23(30)18-9-17(10-25-11-18)14-3-4-20-15(8-14)5-7-31-20/h3-4,8-12,16H,1-2,5-7,13H2,(H2,24,29)(H,26,27). The predicted octanol–water partition coefficient (Wildman–Crippen LogP) is 2.53. The van der Waals surface area contributed by atoms with E-state index < -0.39 is 5.91 Å². The van der Waals surface area contributed by atoms with Crippen molar-refractivity contribution in [2.45, 2.75) is 25.2 Å². The van der Waals surface area contributed by atoms with Crippen LogP contribution in [0.15, 0.2) is 42.9 Å². The number of ether oxygens (including phenoxy) is 1. The summed E-state index contributed by atoms with van der Waals surface area (Å²) in [5, 5.41) is 6.86. The summed E-state index contributed by atoms with van der Waals surface area (Å²) in [7, 11) is 0. The highest BCUT2D eigenvalue weighted by Crippen LogP contribution is 2.31. The van der Waals surface area contributed by atoms with Gasteiger partial charge in [-0.15, -0.1) is 0 Å². The van der Waals surface area contributed by atoms with Crippen molar-refractivity contribution in [2.24, 2.45) is 5.73 Å². The monoisotopic (exact) mass is 417 g/mol. The average Bonchev–Trinajstić information content (AvgIpc) is 3.48. The number of nitrogens with two attached hydrogens (primary N) is 1. The van der Waals surface area contributed by atoms with Gasteiger partial charge in [-0.05, 0) is 42.2 Å². The van der Waals surface area contributed by atoms with Gasteiger partial charge in [0.15, 0.2) is 0 Å². The fourth-order valence-electron chi connectivity index (χ4n) is 4.46. The normalized spacial score (nSPS) is 17.8. The summed E-state index contributed by atoms with van der Waals surface area (Å²) in [6, 6.07) is 7.97. The van der Waals surface area contributed by atoms with Gasteiger partial charge >= 0.3 is 0 Å². The molecular weight excluding hydrogens is 394 g/mol. The zero-order valence-corrected chi connectivity index (χ0v) is 17.0. The second kappa shape index (κ2) is 7.86. The van der Waals surface area contributed by atoms with Crippen LogP contribution >= 0.6 is 0 Å². The van der Waals surface area contributed by atoms with Gasteiger partial charge in [0, 0.05) is 43.4 Å². The first-order valence-electron chi connectivity index (χ1n) is 10.4. The van der Waals surface area contributed by atoms with E-state index in [-0.39, 0.29) is 11.8 Å². The molecule has 158 valence electrons. The van der Waals surface area contributed by atoms with E-state index in [2.05, 4.69) is 21.2 Å². The highest BCUT2D eigenvalue weighted by molar-refractivity contribution is 5.95. The van der Waals surface area contributed by atoms with Crippen LogP contribution in [0.25, 0.3) is 11.1 Å². The van der Waals surface area contributed by atoms with Crippen molar-refractivity contribution in [1.82, 2.24) is 20.1 Å². The number of aromatic nitrogens is 3. The van der Waals surface area contributed by atoms with Gasteiger partial charge < -0.3 is 15.4 Å². The molecule has 8 heteroatoms. The van der Waals surface area contributed by atoms with Crippen molar-refractivity contribution >= 4 is 11.8 Å². The maximum absolute atomic E-state index is 13.3. The average molecular weight is 417 g/mol. The van der Waals surface area contributed by atoms with Crippen LogP contribution in [0.3, 0.4) is 0 Å². The van der Waals surface area contributed by atoms with E-state index in [9.17, 15) is 9.59 Å². The number of rotatable bonds is 4. The molecule has 0 radical (unpaired) electrons. The molecule has 0 saturated carbocycles. The molecule has 2 aromatic heterocycles. The fourth-order valence-corrected chi connectivity index (χ4v) is 4.46. The molecule has 8 nitrogen and oxygen atoms in total. The van der Waals surface area contributed by atoms with Gasteiger partial charge in [-0.1, -0.05) is 6.07 Å². The Hall–Kier alpha value is -3.68. The highest BCUT2D eigenvalue weighted by Gasteiger charge is 2.29. The van der Waals surface area contributed by atoms with Crippen LogP contribution in [0.4, 0.5) is 0 Å². The van der Waals surface area contributed by atoms with E-state index >= 15 is 0 Å². The first kappa shape index (κ1) is 19.3. The molecule has 0 spiro atoms. The molecule has 1 atom stereocenters. The van der Waals surface area contributed by atoms with Crippen molar-refractivity contribution in [1.29, 1.82) is 0 Å². The van der Waals surface area contributed by atoms with E-state index in [0.717, 1.165) is 36.1 Å². The topological polar surface area (TPSA) is 114 Å². The molecule has 1 unspecified atom stereocenters. The van der Waals surface area contributed by atoms with Crippen LogP contribution in [0.1, 0.15) is 50.7 Å². The Morgan fingerprint density at radius 2 is 2.06 bits per heavy atom. The van der Waals surface area contributed by atoms with Gasteiger partial charge in [0.1, 0.15) is 5.75 Å². The number of benzene rings is 1. The Kier molecular flexibility index (Phi) is 4.89. The Morgan fingerprint density at radius 1 is 1.16 bits per heavy atom. The zero-order chi connectivity index (χ0) is 21.4. The maximum atomic E-state index is 13.3. The third kappa shape index (κ3) is 3.65. The molecule has 0 bridgehead atoms. The minimum Gasteiger partial charge on any atom is -0.493 e. The molecular formula is C23H23N5O3. The van der Waals surface area contributed by atoms with E-state index in [1.807, 2.05) is 23.1 Å². The van der Waals surface area contributed by atoms with Crippen molar-refractivity contribution in [2.75, 3.05) is 19.7 Å². The second-order valence-electron chi connectivity index (χ2n) is 8.04. The Morgan fingerprint density at radius 3 is 2.94 bits per heavy atom. The first-order chi connectivity index (χ1) is 15.1. The number of carbonyl (C=O) groups is 2. The van der Waals surface area contributed by atoms with Crippen molar-refractivity contribution in [3.8, 4) is 16.9 Å². The number of hydrogen-bond acceptors (Lipinski definition) is 5. The number of fused-ring (bicyclic) bond motifs is 1. The molecule has 3 aromatic rings. The fraction of sp³-hybridized carbons (Fsp3) is 0.304. The summed E-state index contributed by atoms with van der Waals surface area (Å²) >= 11 is 0. The number of likely N-dealkylation sites (tertiary alicyclic amines) is 1. The third-order valence-electron chi connectivity index (χ3n) is 6.06. The van der Waals surface area contributed by atoms with E-state index in [1.54, 1.807) is 12.4 Å². The molecule has 0 aliphatic carbocycles. The van der Waals surface area contributed by atoms with Crippen LogP contribution < -0.4 is 10.5 Å². The molecule has 1 aromatic carbocycles. The number of nitrogens with zero attached hydrogens (tertiary/aromatic N) is 3. The molecule has 5 rings (SSSR count). The van der Waals surface area contributed by atoms with Crippen molar-refractivity contribution < 1.29 is 14.3 Å². The first-order valence-corrected chi connectivity index (χ1v) is 10.4. The van der Waals surface area contributed by atoms with Crippen LogP contribution in [0.2, 0.25) is 0 Å². The number of carbonyl (C=O) groups excluding carboxylic acids is 2. The number of hydrogen-bond donors (Lipinski definition) is 2. The lowest BCUT2D eigenvalue weighted by Crippen LogP contribution is -2.39. The van der Waals surface area contributed by atoms with E-state index in [1.165, 1.54) is 11.8 Å². The molecule has 1 saturated heterocycles. The van der Waals surface area contributed by atoms with Gasteiger partial charge in [0.05, 0.1) is 29.6 Å². The highest BCUT2D eigenvalue weighted by atomic mass is 16.5. The lowest BCUT2D eigenvalue weighted by molar-refractivity contribution is 0.0705. The van der Waals surface area contributed by atoms with Crippen molar-refractivity contribution in [3.63, 3.8) is 0 Å². The zero-order valence-electron chi connectivity index (χ0n) is 17.0. The number of H-pyrrole nitrogens is 1. The van der Waals surface area contributed by atoms with Gasteiger partial charge in [-0.25, -0.2) is 0 Å². The van der Waals surface area contributed by atoms with Crippen LogP contribution in [-0.2, 0) is 6.42 Å². The van der Waals surface area contributed by atoms with Crippen LogP contribution in [0, 0.1) is 0 Å². The SMILES string of the molecule is NC(=O)c1cn[nH]c1C1CCCN(C(=O)c2cncc(-c3ccc4c(c3)CCO4)c2)C1. The van der Waals surface area contributed by atoms with E-state index in [4.69, 9.17) is 10.5 Å². The summed E-state index contributed by atoms with van der Waals surface area (Å²) in [6.07, 6.45) is 7.43. The quantitative estimate of drug-likeness (QED) is 0.677. The number of nitrogens with one attached hydrogen (secondary N) is 1. The van der Waals surface area contributed by atoms with Crippen LogP contribution in [0.5, 0.6) is 5.75 Å². The van der Waals surface area contributed by atoms with Gasteiger partial charge in [0.2, 0.25) is 0 Å². The van der Waals surface area contributed by atoms with E-state index in [0.29, 0.717) is 36.5 Å². The largest absolute Gasteiger partial charge is 0.493 e. The van der Waals surface area contributed by atoms with Crippen molar-refractivity contribution in [3.05, 3.63) is 65.2 Å². The second-order valence-corrected chi connectivity index (χ2v) is 8.04. The summed E-state index contributed by atoms with van der Waals surface area (Å²) in [5.41, 5.74) is 10.2. The minimum absolute atomic E-state index is 0.00412. The molecule has 4 heterocycles. The number of aromatic amines is 1. The van der Waals surface area contributed by atoms with Gasteiger partial charge in [-0.3, -0.25) is 19.7 Å². The Balaban J connectivity index is 1.37. The molecule has 2 aliphatic rings.